The topological polar surface area (TPSA) is 119 Å². The zero-order valence-corrected chi connectivity index (χ0v) is 16.9. The van der Waals surface area contributed by atoms with E-state index in [0.717, 1.165) is 5.56 Å². The van der Waals surface area contributed by atoms with Crippen molar-refractivity contribution in [3.8, 4) is 11.5 Å². The molecule has 164 valence electrons. The molecule has 4 atom stereocenters. The van der Waals surface area contributed by atoms with Crippen LogP contribution in [0.2, 0.25) is 0 Å². The lowest BCUT2D eigenvalue weighted by molar-refractivity contribution is -0.230. The van der Waals surface area contributed by atoms with Gasteiger partial charge in [-0.05, 0) is 24.1 Å². The van der Waals surface area contributed by atoms with Crippen LogP contribution in [-0.4, -0.2) is 46.5 Å². The van der Waals surface area contributed by atoms with Crippen LogP contribution in [0.5, 0.6) is 11.5 Å². The van der Waals surface area contributed by atoms with Crippen LogP contribution in [0.25, 0.3) is 11.0 Å². The van der Waals surface area contributed by atoms with Gasteiger partial charge in [0.05, 0.1) is 12.7 Å². The van der Waals surface area contributed by atoms with Crippen LogP contribution in [-0.2, 0) is 11.3 Å². The van der Waals surface area contributed by atoms with E-state index in [-0.39, 0.29) is 13.0 Å². The first-order chi connectivity index (χ1) is 14.9. The van der Waals surface area contributed by atoms with E-state index in [1.165, 1.54) is 6.07 Å². The van der Waals surface area contributed by atoms with Gasteiger partial charge < -0.3 is 33.9 Å². The van der Waals surface area contributed by atoms with Crippen molar-refractivity contribution in [2.24, 2.45) is 0 Å². The number of benzene rings is 2. The van der Waals surface area contributed by atoms with Crippen molar-refractivity contribution < 1.29 is 33.9 Å². The summed E-state index contributed by atoms with van der Waals surface area (Å²) in [6, 6.07) is 14.2. The van der Waals surface area contributed by atoms with Crippen molar-refractivity contribution in [3.63, 3.8) is 0 Å². The van der Waals surface area contributed by atoms with Crippen molar-refractivity contribution >= 4 is 11.0 Å². The van der Waals surface area contributed by atoms with Gasteiger partial charge in [0.25, 0.3) is 0 Å². The van der Waals surface area contributed by atoms with Crippen LogP contribution in [0.3, 0.4) is 0 Å². The molecular weight excluding hydrogens is 404 g/mol. The summed E-state index contributed by atoms with van der Waals surface area (Å²) >= 11 is 0. The molecule has 8 nitrogen and oxygen atoms in total. The zero-order valence-electron chi connectivity index (χ0n) is 16.9. The minimum absolute atomic E-state index is 0.0106. The quantitative estimate of drug-likeness (QED) is 0.510. The largest absolute Gasteiger partial charge is 0.485 e. The number of aliphatic hydroxyl groups is 3. The van der Waals surface area contributed by atoms with E-state index in [2.05, 4.69) is 0 Å². The molecule has 1 aliphatic rings. The Morgan fingerprint density at radius 3 is 2.61 bits per heavy atom. The van der Waals surface area contributed by atoms with Gasteiger partial charge in [-0.15, -0.1) is 0 Å². The highest BCUT2D eigenvalue weighted by molar-refractivity contribution is 5.83. The first-order valence-corrected chi connectivity index (χ1v) is 9.99. The maximum Gasteiger partial charge on any atom is 0.336 e. The molecule has 0 bridgehead atoms. The Morgan fingerprint density at radius 2 is 1.87 bits per heavy atom. The van der Waals surface area contributed by atoms with E-state index < -0.39 is 36.8 Å². The first-order valence-electron chi connectivity index (χ1n) is 9.99. The number of fused-ring (bicyclic) bond motifs is 1. The maximum absolute atomic E-state index is 11.8. The minimum Gasteiger partial charge on any atom is -0.485 e. The van der Waals surface area contributed by atoms with Gasteiger partial charge in [-0.3, -0.25) is 0 Å². The Balaban J connectivity index is 1.67. The highest BCUT2D eigenvalue weighted by Gasteiger charge is 2.37. The lowest BCUT2D eigenvalue weighted by atomic mass is 10.0. The van der Waals surface area contributed by atoms with Gasteiger partial charge in [0, 0.05) is 23.9 Å². The van der Waals surface area contributed by atoms with E-state index in [9.17, 15) is 20.1 Å². The second kappa shape index (κ2) is 9.07. The van der Waals surface area contributed by atoms with Gasteiger partial charge in [0.2, 0.25) is 6.29 Å². The van der Waals surface area contributed by atoms with Gasteiger partial charge in [-0.2, -0.15) is 0 Å². The highest BCUT2D eigenvalue weighted by atomic mass is 16.7. The standard InChI is InChI=1S/C23H24O8/c1-13-7-21(26)29-17-10-18(28-12-14-5-3-2-4-6-14)19(8-15(13)17)30-22-9-16(25)23(27)20(11-24)31-22/h2-8,10,16,20,22-25,27H,9,11-12H2,1H3/t16-,20-,22-,23+/m1/s1. The lowest BCUT2D eigenvalue weighted by Crippen LogP contribution is -2.51. The fraction of sp³-hybridized carbons (Fsp3) is 0.348. The molecule has 1 saturated heterocycles. The molecule has 31 heavy (non-hydrogen) atoms. The Labute approximate surface area is 178 Å². The van der Waals surface area contributed by atoms with Crippen LogP contribution in [0.4, 0.5) is 0 Å². The van der Waals surface area contributed by atoms with Crippen LogP contribution < -0.4 is 15.1 Å². The predicted molar refractivity (Wildman–Crippen MR) is 111 cm³/mol. The smallest absolute Gasteiger partial charge is 0.336 e. The van der Waals surface area contributed by atoms with Gasteiger partial charge in [-0.1, -0.05) is 30.3 Å². The average molecular weight is 428 g/mol. The maximum atomic E-state index is 11.8. The molecule has 1 fully saturated rings. The Kier molecular flexibility index (Phi) is 6.24. The predicted octanol–water partition coefficient (Wildman–Crippen LogP) is 1.89. The van der Waals surface area contributed by atoms with E-state index in [4.69, 9.17) is 18.6 Å². The summed E-state index contributed by atoms with van der Waals surface area (Å²) in [6.07, 6.45) is -4.18. The van der Waals surface area contributed by atoms with E-state index >= 15 is 0 Å². The summed E-state index contributed by atoms with van der Waals surface area (Å²) in [5, 5.41) is 30.1. The summed E-state index contributed by atoms with van der Waals surface area (Å²) in [5.41, 5.74) is 1.53. The number of ether oxygens (including phenoxy) is 3. The summed E-state index contributed by atoms with van der Waals surface area (Å²) in [6.45, 7) is 1.58. The van der Waals surface area contributed by atoms with Crippen molar-refractivity contribution in [2.45, 2.75) is 44.6 Å². The molecule has 2 heterocycles. The number of aliphatic hydroxyl groups excluding tert-OH is 3. The molecular formula is C23H24O8. The second-order valence-corrected chi connectivity index (χ2v) is 7.52. The molecule has 0 radical (unpaired) electrons. The molecule has 8 heteroatoms. The highest BCUT2D eigenvalue weighted by Crippen LogP contribution is 2.36. The SMILES string of the molecule is Cc1cc(=O)oc2cc(OCc3ccccc3)c(O[C@H]3C[C@@H](O)[C@H](O)[C@@H](CO)O3)cc12. The molecule has 0 aliphatic carbocycles. The van der Waals surface area contributed by atoms with Gasteiger partial charge in [0.1, 0.15) is 24.4 Å². The third kappa shape index (κ3) is 4.72. The number of aryl methyl sites for hydroxylation is 1. The van der Waals surface area contributed by atoms with Crippen LogP contribution in [0.1, 0.15) is 17.5 Å². The lowest BCUT2D eigenvalue weighted by Gasteiger charge is -2.36. The molecule has 0 saturated carbocycles. The van der Waals surface area contributed by atoms with Crippen LogP contribution >= 0.6 is 0 Å². The Hall–Kier alpha value is -2.91. The molecule has 2 aromatic carbocycles. The van der Waals surface area contributed by atoms with E-state index in [0.29, 0.717) is 28.0 Å². The molecule has 4 rings (SSSR count). The molecule has 3 aromatic rings. The van der Waals surface area contributed by atoms with Crippen molar-refractivity contribution in [1.29, 1.82) is 0 Å². The van der Waals surface area contributed by atoms with Crippen molar-refractivity contribution in [1.82, 2.24) is 0 Å². The third-order valence-corrected chi connectivity index (χ3v) is 5.23. The monoisotopic (exact) mass is 428 g/mol. The average Bonchev–Trinajstić information content (AvgIpc) is 2.75. The molecule has 0 unspecified atom stereocenters. The van der Waals surface area contributed by atoms with E-state index in [1.54, 1.807) is 19.1 Å². The molecule has 3 N–H and O–H groups in total. The molecule has 1 aliphatic heterocycles. The number of rotatable bonds is 6. The fourth-order valence-corrected chi connectivity index (χ4v) is 3.55. The normalized spacial score (nSPS) is 23.6. The summed E-state index contributed by atoms with van der Waals surface area (Å²) in [7, 11) is 0. The summed E-state index contributed by atoms with van der Waals surface area (Å²) in [4.78, 5) is 11.8. The second-order valence-electron chi connectivity index (χ2n) is 7.52. The summed E-state index contributed by atoms with van der Waals surface area (Å²) < 4.78 is 22.8. The number of hydrogen-bond acceptors (Lipinski definition) is 8. The Bertz CT molecular complexity index is 1090. The molecule has 0 spiro atoms. The first kappa shape index (κ1) is 21.3. The Morgan fingerprint density at radius 1 is 1.10 bits per heavy atom. The van der Waals surface area contributed by atoms with Crippen molar-refractivity contribution in [3.05, 3.63) is 70.1 Å². The summed E-state index contributed by atoms with van der Waals surface area (Å²) in [5.74, 6) is 0.653. The third-order valence-electron chi connectivity index (χ3n) is 5.23. The van der Waals surface area contributed by atoms with Crippen LogP contribution in [0, 0.1) is 6.92 Å². The van der Waals surface area contributed by atoms with Gasteiger partial charge >= 0.3 is 5.63 Å². The fourth-order valence-electron chi connectivity index (χ4n) is 3.55. The molecule has 1 aromatic heterocycles. The van der Waals surface area contributed by atoms with Gasteiger partial charge in [-0.25, -0.2) is 4.79 Å². The van der Waals surface area contributed by atoms with Crippen LogP contribution in [0.15, 0.2) is 57.7 Å². The minimum atomic E-state index is -1.20. The molecule has 0 amide bonds. The van der Waals surface area contributed by atoms with Gasteiger partial charge in [0.15, 0.2) is 11.5 Å². The van der Waals surface area contributed by atoms with E-state index in [1.807, 2.05) is 30.3 Å². The zero-order chi connectivity index (χ0) is 22.0. The number of hydrogen-bond donors (Lipinski definition) is 3. The van der Waals surface area contributed by atoms with Crippen molar-refractivity contribution in [2.75, 3.05) is 6.61 Å².